The second-order valence-corrected chi connectivity index (χ2v) is 5.17. The molecule has 0 saturated heterocycles. The van der Waals surface area contributed by atoms with Crippen LogP contribution in [0.3, 0.4) is 0 Å². The van der Waals surface area contributed by atoms with Crippen molar-refractivity contribution in [3.63, 3.8) is 0 Å². The predicted molar refractivity (Wildman–Crippen MR) is 82.8 cm³/mol. The normalized spacial score (nSPS) is 9.90. The highest BCUT2D eigenvalue weighted by atomic mass is 127. The molecule has 0 atom stereocenters. The maximum absolute atomic E-state index is 13.0. The lowest BCUT2D eigenvalue weighted by atomic mass is 10.3. The van der Waals surface area contributed by atoms with Crippen LogP contribution in [0.2, 0.25) is 0 Å². The number of amides is 2. The Labute approximate surface area is 128 Å². The molecule has 2 N–H and O–H groups in total. The van der Waals surface area contributed by atoms with Crippen molar-refractivity contribution >= 4 is 45.8 Å². The Morgan fingerprint density at radius 3 is 2.10 bits per heavy atom. The molecule has 2 aromatic carbocycles. The minimum absolute atomic E-state index is 0.229. The first-order valence-electron chi connectivity index (χ1n) is 5.68. The van der Waals surface area contributed by atoms with Gasteiger partial charge in [0.2, 0.25) is 0 Å². The van der Waals surface area contributed by atoms with Crippen molar-refractivity contribution in [2.24, 2.45) is 0 Å². The number of carbonyl (C=O) groups excluding carboxylic acids is 2. The van der Waals surface area contributed by atoms with Crippen LogP contribution in [-0.2, 0) is 9.59 Å². The minimum Gasteiger partial charge on any atom is -0.318 e. The van der Waals surface area contributed by atoms with Crippen LogP contribution in [0.1, 0.15) is 0 Å². The van der Waals surface area contributed by atoms with Crippen LogP contribution >= 0.6 is 22.6 Å². The average Bonchev–Trinajstić information content (AvgIpc) is 2.41. The van der Waals surface area contributed by atoms with E-state index in [9.17, 15) is 14.0 Å². The highest BCUT2D eigenvalue weighted by Gasteiger charge is 2.14. The molecular formula is C14H10FIN2O2. The Bertz CT molecular complexity index is 644. The lowest BCUT2D eigenvalue weighted by molar-refractivity contribution is -0.133. The van der Waals surface area contributed by atoms with E-state index in [4.69, 9.17) is 0 Å². The fourth-order valence-corrected chi connectivity index (χ4v) is 1.83. The first kappa shape index (κ1) is 14.4. The summed E-state index contributed by atoms with van der Waals surface area (Å²) in [5.41, 5.74) is 0.748. The van der Waals surface area contributed by atoms with Crippen molar-refractivity contribution in [3.8, 4) is 0 Å². The van der Waals surface area contributed by atoms with Crippen molar-refractivity contribution in [2.75, 3.05) is 10.6 Å². The average molecular weight is 384 g/mol. The second-order valence-electron chi connectivity index (χ2n) is 3.93. The molecule has 0 bridgehead atoms. The number of anilines is 2. The summed E-state index contributed by atoms with van der Waals surface area (Å²) in [7, 11) is 0. The predicted octanol–water partition coefficient (Wildman–Crippen LogP) is 3.01. The van der Waals surface area contributed by atoms with Gasteiger partial charge in [-0.15, -0.1) is 0 Å². The summed E-state index contributed by atoms with van der Waals surface area (Å²) < 4.78 is 14.0. The summed E-state index contributed by atoms with van der Waals surface area (Å²) in [4.78, 5) is 23.3. The lowest BCUT2D eigenvalue weighted by Crippen LogP contribution is -2.29. The standard InChI is InChI=1S/C14H10FIN2O2/c15-9-2-1-3-12(8-9)18-14(20)13(19)17-11-6-4-10(16)5-7-11/h1-8H,(H,17,19)(H,18,20). The van der Waals surface area contributed by atoms with Crippen LogP contribution < -0.4 is 10.6 Å². The molecule has 2 rings (SSSR count). The molecule has 0 unspecified atom stereocenters. The van der Waals surface area contributed by atoms with E-state index in [1.165, 1.54) is 18.2 Å². The fraction of sp³-hybridized carbons (Fsp3) is 0. The molecule has 0 aliphatic rings. The summed E-state index contributed by atoms with van der Waals surface area (Å²) >= 11 is 2.13. The largest absolute Gasteiger partial charge is 0.318 e. The van der Waals surface area contributed by atoms with E-state index in [0.717, 1.165) is 9.64 Å². The molecule has 0 heterocycles. The van der Waals surface area contributed by atoms with Gasteiger partial charge in [0, 0.05) is 14.9 Å². The van der Waals surface area contributed by atoms with Gasteiger partial charge in [0.1, 0.15) is 5.82 Å². The summed E-state index contributed by atoms with van der Waals surface area (Å²) in [6.45, 7) is 0. The Morgan fingerprint density at radius 2 is 1.50 bits per heavy atom. The van der Waals surface area contributed by atoms with Gasteiger partial charge >= 0.3 is 11.8 Å². The molecule has 0 aliphatic heterocycles. The number of halogens is 2. The van der Waals surface area contributed by atoms with E-state index in [-0.39, 0.29) is 5.69 Å². The third-order valence-corrected chi connectivity index (χ3v) is 3.11. The quantitative estimate of drug-likeness (QED) is 0.618. The van der Waals surface area contributed by atoms with Gasteiger partial charge in [-0.05, 0) is 65.1 Å². The van der Waals surface area contributed by atoms with Crippen molar-refractivity contribution in [2.45, 2.75) is 0 Å². The van der Waals surface area contributed by atoms with Gasteiger partial charge in [-0.2, -0.15) is 0 Å². The maximum Gasteiger partial charge on any atom is 0.314 e. The van der Waals surface area contributed by atoms with Gasteiger partial charge in [0.05, 0.1) is 0 Å². The zero-order valence-corrected chi connectivity index (χ0v) is 12.3. The summed E-state index contributed by atoms with van der Waals surface area (Å²) in [6.07, 6.45) is 0. The Morgan fingerprint density at radius 1 is 0.900 bits per heavy atom. The van der Waals surface area contributed by atoms with Crippen molar-refractivity contribution in [1.29, 1.82) is 0 Å². The van der Waals surface area contributed by atoms with Crippen molar-refractivity contribution in [1.82, 2.24) is 0 Å². The van der Waals surface area contributed by atoms with Gasteiger partial charge in [-0.25, -0.2) is 4.39 Å². The van der Waals surface area contributed by atoms with Crippen LogP contribution in [0, 0.1) is 9.39 Å². The number of hydrogen-bond donors (Lipinski definition) is 2. The van der Waals surface area contributed by atoms with Gasteiger partial charge in [-0.3, -0.25) is 9.59 Å². The van der Waals surface area contributed by atoms with E-state index in [1.54, 1.807) is 24.3 Å². The molecule has 0 saturated carbocycles. The molecule has 6 heteroatoms. The summed E-state index contributed by atoms with van der Waals surface area (Å²) in [5.74, 6) is -2.15. The van der Waals surface area contributed by atoms with E-state index in [1.807, 2.05) is 0 Å². The van der Waals surface area contributed by atoms with Crippen LogP contribution in [-0.4, -0.2) is 11.8 Å². The molecule has 0 fully saturated rings. The fourth-order valence-electron chi connectivity index (χ4n) is 1.48. The Kier molecular flexibility index (Phi) is 4.67. The summed E-state index contributed by atoms with van der Waals surface area (Å²) in [5, 5.41) is 4.78. The zero-order valence-electron chi connectivity index (χ0n) is 10.2. The van der Waals surface area contributed by atoms with Crippen molar-refractivity contribution in [3.05, 3.63) is 57.9 Å². The van der Waals surface area contributed by atoms with Gasteiger partial charge < -0.3 is 10.6 Å². The van der Waals surface area contributed by atoms with E-state index >= 15 is 0 Å². The molecule has 2 aromatic rings. The van der Waals surface area contributed by atoms with Gasteiger partial charge in [0.25, 0.3) is 0 Å². The molecule has 102 valence electrons. The molecule has 4 nitrogen and oxygen atoms in total. The number of rotatable bonds is 2. The van der Waals surface area contributed by atoms with Crippen LogP contribution in [0.4, 0.5) is 15.8 Å². The molecule has 2 amide bonds. The summed E-state index contributed by atoms with van der Waals surface area (Å²) in [6, 6.07) is 12.3. The van der Waals surface area contributed by atoms with E-state index < -0.39 is 17.6 Å². The first-order chi connectivity index (χ1) is 9.54. The zero-order chi connectivity index (χ0) is 14.5. The highest BCUT2D eigenvalue weighted by Crippen LogP contribution is 2.12. The molecule has 0 aromatic heterocycles. The van der Waals surface area contributed by atoms with E-state index in [0.29, 0.717) is 5.69 Å². The van der Waals surface area contributed by atoms with Crippen LogP contribution in [0.25, 0.3) is 0 Å². The SMILES string of the molecule is O=C(Nc1ccc(I)cc1)C(=O)Nc1cccc(F)c1. The third kappa shape index (κ3) is 4.02. The molecule has 0 spiro atoms. The van der Waals surface area contributed by atoms with Crippen LogP contribution in [0.15, 0.2) is 48.5 Å². The topological polar surface area (TPSA) is 58.2 Å². The minimum atomic E-state index is -0.853. The molecule has 20 heavy (non-hydrogen) atoms. The molecular weight excluding hydrogens is 374 g/mol. The Balaban J connectivity index is 1.98. The smallest absolute Gasteiger partial charge is 0.314 e. The van der Waals surface area contributed by atoms with Gasteiger partial charge in [-0.1, -0.05) is 6.07 Å². The number of benzene rings is 2. The van der Waals surface area contributed by atoms with Gasteiger partial charge in [0.15, 0.2) is 0 Å². The highest BCUT2D eigenvalue weighted by molar-refractivity contribution is 14.1. The molecule has 0 radical (unpaired) electrons. The first-order valence-corrected chi connectivity index (χ1v) is 6.76. The number of carbonyl (C=O) groups is 2. The Hall–Kier alpha value is -1.96. The lowest BCUT2D eigenvalue weighted by Gasteiger charge is -2.06. The van der Waals surface area contributed by atoms with Crippen molar-refractivity contribution < 1.29 is 14.0 Å². The number of hydrogen-bond acceptors (Lipinski definition) is 2. The number of nitrogens with one attached hydrogen (secondary N) is 2. The third-order valence-electron chi connectivity index (χ3n) is 2.39. The monoisotopic (exact) mass is 384 g/mol. The molecule has 0 aliphatic carbocycles. The maximum atomic E-state index is 13.0. The van der Waals surface area contributed by atoms with E-state index in [2.05, 4.69) is 33.2 Å². The van der Waals surface area contributed by atoms with Crippen LogP contribution in [0.5, 0.6) is 0 Å². The second kappa shape index (κ2) is 6.47.